The zero-order valence-electron chi connectivity index (χ0n) is 15.8. The van der Waals surface area contributed by atoms with E-state index < -0.39 is 15.8 Å². The summed E-state index contributed by atoms with van der Waals surface area (Å²) in [6.45, 7) is 3.38. The molecule has 3 aromatic rings. The van der Waals surface area contributed by atoms with Crippen molar-refractivity contribution in [2.24, 2.45) is 5.92 Å². The maximum atomic E-state index is 12.6. The number of rotatable bonds is 6. The smallest absolute Gasteiger partial charge is 0.408 e. The van der Waals surface area contributed by atoms with Crippen LogP contribution in [-0.4, -0.2) is 33.0 Å². The largest absolute Gasteiger partial charge is 0.417 e. The molecule has 4 rings (SSSR count). The van der Waals surface area contributed by atoms with E-state index >= 15 is 0 Å². The highest BCUT2D eigenvalue weighted by Crippen LogP contribution is 2.17. The van der Waals surface area contributed by atoms with Gasteiger partial charge in [-0.25, -0.2) is 17.9 Å². The third kappa shape index (κ3) is 4.90. The van der Waals surface area contributed by atoms with Crippen molar-refractivity contribution in [3.05, 3.63) is 63.6 Å². The van der Waals surface area contributed by atoms with E-state index in [-0.39, 0.29) is 10.5 Å². The van der Waals surface area contributed by atoms with Gasteiger partial charge in [0.25, 0.3) is 0 Å². The molecule has 2 aromatic carbocycles. The number of hydrogen-bond acceptors (Lipinski definition) is 4. The summed E-state index contributed by atoms with van der Waals surface area (Å²) in [6.07, 6.45) is 1.94. The van der Waals surface area contributed by atoms with E-state index in [9.17, 15) is 13.2 Å². The molecule has 0 amide bonds. The van der Waals surface area contributed by atoms with E-state index in [0.29, 0.717) is 18.0 Å². The number of benzene rings is 2. The number of sulfonamides is 1. The molecule has 1 aromatic heterocycles. The molecule has 0 saturated carbocycles. The molecule has 1 saturated heterocycles. The van der Waals surface area contributed by atoms with E-state index in [1.54, 1.807) is 0 Å². The Balaban J connectivity index is 1.30. The van der Waals surface area contributed by atoms with Crippen LogP contribution in [0.4, 0.5) is 0 Å². The van der Waals surface area contributed by atoms with Crippen molar-refractivity contribution in [2.45, 2.75) is 24.3 Å². The Morgan fingerprint density at radius 3 is 2.59 bits per heavy atom. The van der Waals surface area contributed by atoms with E-state index in [4.69, 9.17) is 16.0 Å². The van der Waals surface area contributed by atoms with E-state index in [1.165, 1.54) is 28.7 Å². The SMILES string of the molecule is O=c1[nH]c2ccc(S(=O)(=O)NCC3CC[NH+](Cc4ccc(Cl)cc4)CC3)cc2o1. The number of halogens is 1. The van der Waals surface area contributed by atoms with Gasteiger partial charge in [0.2, 0.25) is 10.0 Å². The van der Waals surface area contributed by atoms with Gasteiger partial charge < -0.3 is 9.32 Å². The van der Waals surface area contributed by atoms with Crippen LogP contribution < -0.4 is 15.4 Å². The van der Waals surface area contributed by atoms with E-state index in [2.05, 4.69) is 21.8 Å². The highest BCUT2D eigenvalue weighted by Gasteiger charge is 2.24. The fraction of sp³-hybridized carbons (Fsp3) is 0.350. The Kier molecular flexibility index (Phi) is 5.78. The predicted octanol–water partition coefficient (Wildman–Crippen LogP) is 1.55. The summed E-state index contributed by atoms with van der Waals surface area (Å²) in [5, 5.41) is 0.743. The maximum Gasteiger partial charge on any atom is 0.417 e. The molecule has 0 radical (unpaired) electrons. The van der Waals surface area contributed by atoms with Crippen molar-refractivity contribution >= 4 is 32.7 Å². The predicted molar refractivity (Wildman–Crippen MR) is 111 cm³/mol. The first-order chi connectivity index (χ1) is 13.9. The fourth-order valence-electron chi connectivity index (χ4n) is 3.76. The minimum Gasteiger partial charge on any atom is -0.408 e. The zero-order chi connectivity index (χ0) is 20.4. The average molecular weight is 437 g/mol. The maximum absolute atomic E-state index is 12.6. The summed E-state index contributed by atoms with van der Waals surface area (Å²) in [4.78, 5) is 15.3. The first-order valence-electron chi connectivity index (χ1n) is 9.59. The summed E-state index contributed by atoms with van der Waals surface area (Å²) < 4.78 is 32.9. The minimum atomic E-state index is -3.65. The second-order valence-corrected chi connectivity index (χ2v) is 9.72. The van der Waals surface area contributed by atoms with Crippen molar-refractivity contribution in [1.29, 1.82) is 0 Å². The first-order valence-corrected chi connectivity index (χ1v) is 11.5. The number of quaternary nitrogens is 1. The van der Waals surface area contributed by atoms with Crippen molar-refractivity contribution < 1.29 is 17.7 Å². The summed E-state index contributed by atoms with van der Waals surface area (Å²) in [5.41, 5.74) is 1.97. The van der Waals surface area contributed by atoms with Gasteiger partial charge in [0.15, 0.2) is 5.58 Å². The fourth-order valence-corrected chi connectivity index (χ4v) is 5.02. The van der Waals surface area contributed by atoms with Crippen LogP contribution in [0.25, 0.3) is 11.1 Å². The lowest BCUT2D eigenvalue weighted by Crippen LogP contribution is -3.11. The monoisotopic (exact) mass is 436 g/mol. The number of aromatic nitrogens is 1. The summed E-state index contributed by atoms with van der Waals surface area (Å²) >= 11 is 5.94. The van der Waals surface area contributed by atoms with Crippen molar-refractivity contribution in [1.82, 2.24) is 9.71 Å². The normalized spacial score (nSPS) is 20.2. The summed E-state index contributed by atoms with van der Waals surface area (Å²) in [7, 11) is -3.65. The molecule has 2 heterocycles. The van der Waals surface area contributed by atoms with Crippen LogP contribution in [-0.2, 0) is 16.6 Å². The number of oxazole rings is 1. The van der Waals surface area contributed by atoms with Crippen molar-refractivity contribution in [3.8, 4) is 0 Å². The molecular formula is C20H23ClN3O4S+. The number of aromatic amines is 1. The van der Waals surface area contributed by atoms with Gasteiger partial charge in [-0.15, -0.1) is 0 Å². The number of likely N-dealkylation sites (tertiary alicyclic amines) is 1. The lowest BCUT2D eigenvalue weighted by atomic mass is 9.97. The van der Waals surface area contributed by atoms with Gasteiger partial charge in [0, 0.05) is 36.0 Å². The molecule has 0 bridgehead atoms. The molecule has 29 heavy (non-hydrogen) atoms. The Morgan fingerprint density at radius 2 is 1.86 bits per heavy atom. The molecule has 0 atom stereocenters. The quantitative estimate of drug-likeness (QED) is 0.546. The molecule has 9 heteroatoms. The number of hydrogen-bond donors (Lipinski definition) is 3. The third-order valence-corrected chi connectivity index (χ3v) is 7.12. The zero-order valence-corrected chi connectivity index (χ0v) is 17.4. The van der Waals surface area contributed by atoms with Gasteiger partial charge in [-0.2, -0.15) is 0 Å². The molecular weight excluding hydrogens is 414 g/mol. The van der Waals surface area contributed by atoms with E-state index in [1.807, 2.05) is 12.1 Å². The van der Waals surface area contributed by atoms with Crippen molar-refractivity contribution in [2.75, 3.05) is 19.6 Å². The van der Waals surface area contributed by atoms with Gasteiger partial charge in [0.05, 0.1) is 23.5 Å². The minimum absolute atomic E-state index is 0.0959. The number of piperidine rings is 1. The van der Waals surface area contributed by atoms with Gasteiger partial charge in [-0.3, -0.25) is 4.98 Å². The topological polar surface area (TPSA) is 96.6 Å². The Morgan fingerprint density at radius 1 is 1.14 bits per heavy atom. The van der Waals surface area contributed by atoms with Gasteiger partial charge in [-0.05, 0) is 30.2 Å². The van der Waals surface area contributed by atoms with Crippen LogP contribution in [0, 0.1) is 5.92 Å². The third-order valence-electron chi connectivity index (χ3n) is 5.44. The molecule has 1 aliphatic heterocycles. The van der Waals surface area contributed by atoms with Crippen LogP contribution in [0.15, 0.2) is 56.6 Å². The Labute approximate surface area is 173 Å². The van der Waals surface area contributed by atoms with Crippen LogP contribution in [0.1, 0.15) is 18.4 Å². The van der Waals surface area contributed by atoms with Crippen LogP contribution in [0.2, 0.25) is 5.02 Å². The second kappa shape index (κ2) is 8.31. The van der Waals surface area contributed by atoms with Crippen LogP contribution in [0.3, 0.4) is 0 Å². The molecule has 1 fully saturated rings. The highest BCUT2D eigenvalue weighted by atomic mass is 35.5. The van der Waals surface area contributed by atoms with E-state index in [0.717, 1.165) is 37.5 Å². The van der Waals surface area contributed by atoms with Gasteiger partial charge in [-0.1, -0.05) is 23.7 Å². The van der Waals surface area contributed by atoms with Gasteiger partial charge >= 0.3 is 5.76 Å². The van der Waals surface area contributed by atoms with Crippen molar-refractivity contribution in [3.63, 3.8) is 0 Å². The second-order valence-electron chi connectivity index (χ2n) is 7.52. The molecule has 0 unspecified atom stereocenters. The molecule has 1 aliphatic rings. The highest BCUT2D eigenvalue weighted by molar-refractivity contribution is 7.89. The lowest BCUT2D eigenvalue weighted by molar-refractivity contribution is -0.919. The average Bonchev–Trinajstić information content (AvgIpc) is 3.08. The standard InChI is InChI=1S/C20H22ClN3O4S/c21-16-3-1-15(2-4-16)13-24-9-7-14(8-10-24)12-22-29(26,27)17-5-6-18-19(11-17)28-20(25)23-18/h1-6,11,14,22H,7-10,12-13H2,(H,23,25)/p+1. The van der Waals surface area contributed by atoms with Crippen LogP contribution >= 0.6 is 11.6 Å². The van der Waals surface area contributed by atoms with Gasteiger partial charge in [0.1, 0.15) is 6.54 Å². The number of H-pyrrole nitrogens is 1. The summed E-state index contributed by atoms with van der Waals surface area (Å²) in [5.74, 6) is -0.289. The molecule has 0 aliphatic carbocycles. The lowest BCUT2D eigenvalue weighted by Gasteiger charge is -2.29. The van der Waals surface area contributed by atoms with Crippen LogP contribution in [0.5, 0.6) is 0 Å². The first kappa shape index (κ1) is 20.2. The number of fused-ring (bicyclic) bond motifs is 1. The molecule has 154 valence electrons. The molecule has 7 nitrogen and oxygen atoms in total. The molecule has 3 N–H and O–H groups in total. The number of nitrogens with one attached hydrogen (secondary N) is 3. The summed E-state index contributed by atoms with van der Waals surface area (Å²) in [6, 6.07) is 12.3. The molecule has 0 spiro atoms. The Hall–Kier alpha value is -2.13. The Bertz CT molecular complexity index is 1150.